The van der Waals surface area contributed by atoms with Gasteiger partial charge in [0.2, 0.25) is 0 Å². The van der Waals surface area contributed by atoms with Crippen molar-refractivity contribution in [3.8, 4) is 0 Å². The Labute approximate surface area is 101 Å². The van der Waals surface area contributed by atoms with Crippen molar-refractivity contribution in [2.24, 2.45) is 0 Å². The minimum atomic E-state index is -0.262. The highest BCUT2D eigenvalue weighted by Gasteiger charge is 2.10. The number of methoxy groups -OCH3 is 1. The maximum Gasteiger partial charge on any atom is 0.344 e. The van der Waals surface area contributed by atoms with Gasteiger partial charge in [0.1, 0.15) is 0 Å². The second kappa shape index (κ2) is 7.12. The van der Waals surface area contributed by atoms with Gasteiger partial charge >= 0.3 is 5.97 Å². The van der Waals surface area contributed by atoms with Gasteiger partial charge in [-0.1, -0.05) is 49.4 Å². The van der Waals surface area contributed by atoms with Crippen molar-refractivity contribution in [3.63, 3.8) is 0 Å². The Kier molecular flexibility index (Phi) is 5.72. The summed E-state index contributed by atoms with van der Waals surface area (Å²) in [6.07, 6.45) is 3.85. The minimum Gasteiger partial charge on any atom is -0.465 e. The monoisotopic (exact) mass is 236 g/mol. The molecule has 0 unspecified atom stereocenters. The summed E-state index contributed by atoms with van der Waals surface area (Å²) in [6.45, 7) is 2.08. The largest absolute Gasteiger partial charge is 0.465 e. The fourth-order valence-electron chi connectivity index (χ4n) is 1.16. The molecule has 0 radical (unpaired) electrons. The number of hydrogen-bond donors (Lipinski definition) is 0. The molecule has 0 heterocycles. The van der Waals surface area contributed by atoms with Gasteiger partial charge in [0.25, 0.3) is 0 Å². The molecule has 3 heteroatoms. The number of carbonyl (C=O) groups is 1. The Morgan fingerprint density at radius 1 is 1.38 bits per heavy atom. The molecule has 16 heavy (non-hydrogen) atoms. The number of unbranched alkanes of at least 4 members (excludes halogenated alkanes) is 1. The Morgan fingerprint density at radius 2 is 2.06 bits per heavy atom. The summed E-state index contributed by atoms with van der Waals surface area (Å²) in [5.41, 5.74) is 0. The Balaban J connectivity index is 2.75. The summed E-state index contributed by atoms with van der Waals surface area (Å²) in [5, 5.41) is 0. The van der Waals surface area contributed by atoms with Gasteiger partial charge in [0.15, 0.2) is 0 Å². The van der Waals surface area contributed by atoms with Gasteiger partial charge in [0.05, 0.1) is 12.0 Å². The number of rotatable bonds is 5. The zero-order valence-corrected chi connectivity index (χ0v) is 10.4. The third kappa shape index (κ3) is 4.11. The zero-order valence-electron chi connectivity index (χ0n) is 9.60. The first kappa shape index (κ1) is 12.8. The van der Waals surface area contributed by atoms with Crippen molar-refractivity contribution in [1.29, 1.82) is 0 Å². The quantitative estimate of drug-likeness (QED) is 0.443. The van der Waals surface area contributed by atoms with E-state index in [4.69, 9.17) is 4.74 Å². The number of allylic oxidation sites excluding steroid dienone is 1. The van der Waals surface area contributed by atoms with Crippen LogP contribution in [0.3, 0.4) is 0 Å². The second-order valence-electron chi connectivity index (χ2n) is 3.26. The van der Waals surface area contributed by atoms with E-state index in [2.05, 4.69) is 6.92 Å². The number of benzene rings is 1. The van der Waals surface area contributed by atoms with Crippen LogP contribution in [0, 0.1) is 0 Å². The fourth-order valence-corrected chi connectivity index (χ4v) is 2.07. The predicted octanol–water partition coefficient (Wildman–Crippen LogP) is 3.64. The number of hydrogen-bond acceptors (Lipinski definition) is 3. The van der Waals surface area contributed by atoms with E-state index in [1.807, 2.05) is 36.4 Å². The molecule has 0 aliphatic rings. The lowest BCUT2D eigenvalue weighted by atomic mass is 10.3. The summed E-state index contributed by atoms with van der Waals surface area (Å²) in [6, 6.07) is 9.83. The molecular weight excluding hydrogens is 220 g/mol. The summed E-state index contributed by atoms with van der Waals surface area (Å²) in [5.74, 6) is -0.262. The molecule has 2 nitrogen and oxygen atoms in total. The van der Waals surface area contributed by atoms with Crippen LogP contribution < -0.4 is 0 Å². The summed E-state index contributed by atoms with van der Waals surface area (Å²) < 4.78 is 4.75. The van der Waals surface area contributed by atoms with E-state index in [-0.39, 0.29) is 5.97 Å². The maximum atomic E-state index is 11.5. The molecular formula is C13H16O2S. The van der Waals surface area contributed by atoms with Crippen LogP contribution in [-0.4, -0.2) is 13.1 Å². The van der Waals surface area contributed by atoms with Gasteiger partial charge in [-0.15, -0.1) is 0 Å². The van der Waals surface area contributed by atoms with Crippen LogP contribution in [0.25, 0.3) is 0 Å². The Hall–Kier alpha value is -1.22. The van der Waals surface area contributed by atoms with E-state index in [0.29, 0.717) is 4.91 Å². The fraction of sp³-hybridized carbons (Fsp3) is 0.308. The molecule has 1 rings (SSSR count). The Morgan fingerprint density at radius 3 is 2.62 bits per heavy atom. The lowest BCUT2D eigenvalue weighted by Gasteiger charge is -2.04. The third-order valence-electron chi connectivity index (χ3n) is 1.98. The van der Waals surface area contributed by atoms with Crippen molar-refractivity contribution >= 4 is 17.7 Å². The minimum absolute atomic E-state index is 0.262. The summed E-state index contributed by atoms with van der Waals surface area (Å²) >= 11 is 1.45. The van der Waals surface area contributed by atoms with Gasteiger partial charge in [-0.05, 0) is 18.6 Å². The van der Waals surface area contributed by atoms with E-state index >= 15 is 0 Å². The topological polar surface area (TPSA) is 26.3 Å². The average molecular weight is 236 g/mol. The molecule has 0 amide bonds. The van der Waals surface area contributed by atoms with Gasteiger partial charge in [0, 0.05) is 4.90 Å². The van der Waals surface area contributed by atoms with Crippen LogP contribution in [0.1, 0.15) is 19.8 Å². The second-order valence-corrected chi connectivity index (χ2v) is 4.38. The first-order valence-electron chi connectivity index (χ1n) is 5.29. The van der Waals surface area contributed by atoms with Gasteiger partial charge < -0.3 is 4.74 Å². The SMILES string of the molecule is CCCC=C(Sc1ccccc1)C(=O)OC. The number of ether oxygens (including phenoxy) is 1. The van der Waals surface area contributed by atoms with E-state index < -0.39 is 0 Å². The molecule has 0 aromatic heterocycles. The smallest absolute Gasteiger partial charge is 0.344 e. The van der Waals surface area contributed by atoms with Crippen molar-refractivity contribution in [3.05, 3.63) is 41.3 Å². The van der Waals surface area contributed by atoms with Crippen molar-refractivity contribution in [2.75, 3.05) is 7.11 Å². The van der Waals surface area contributed by atoms with E-state index in [9.17, 15) is 4.79 Å². The molecule has 0 atom stereocenters. The standard InChI is InChI=1S/C13H16O2S/c1-3-4-10-12(13(14)15-2)16-11-8-6-5-7-9-11/h5-10H,3-4H2,1-2H3. The first-order valence-corrected chi connectivity index (χ1v) is 6.11. The highest BCUT2D eigenvalue weighted by atomic mass is 32.2. The first-order chi connectivity index (χ1) is 7.77. The van der Waals surface area contributed by atoms with Crippen molar-refractivity contribution in [2.45, 2.75) is 24.7 Å². The molecule has 0 aliphatic heterocycles. The molecule has 1 aromatic carbocycles. The maximum absolute atomic E-state index is 11.5. The molecule has 0 saturated carbocycles. The third-order valence-corrected chi connectivity index (χ3v) is 3.04. The molecule has 0 fully saturated rings. The zero-order chi connectivity index (χ0) is 11.8. The van der Waals surface area contributed by atoms with Crippen molar-refractivity contribution < 1.29 is 9.53 Å². The normalized spacial score (nSPS) is 11.2. The van der Waals surface area contributed by atoms with Crippen LogP contribution in [0.4, 0.5) is 0 Å². The van der Waals surface area contributed by atoms with Crippen LogP contribution in [0.2, 0.25) is 0 Å². The van der Waals surface area contributed by atoms with Crippen LogP contribution in [0.5, 0.6) is 0 Å². The molecule has 0 saturated heterocycles. The molecule has 0 bridgehead atoms. The number of esters is 1. The highest BCUT2D eigenvalue weighted by Crippen LogP contribution is 2.27. The molecule has 86 valence electrons. The summed E-state index contributed by atoms with van der Waals surface area (Å²) in [7, 11) is 1.41. The van der Waals surface area contributed by atoms with Crippen LogP contribution in [-0.2, 0) is 9.53 Å². The molecule has 1 aromatic rings. The van der Waals surface area contributed by atoms with Gasteiger partial charge in [-0.25, -0.2) is 4.79 Å². The highest BCUT2D eigenvalue weighted by molar-refractivity contribution is 8.04. The predicted molar refractivity (Wildman–Crippen MR) is 67.3 cm³/mol. The number of carbonyl (C=O) groups excluding carboxylic acids is 1. The molecule has 0 N–H and O–H groups in total. The van der Waals surface area contributed by atoms with Crippen LogP contribution in [0.15, 0.2) is 46.2 Å². The molecule has 0 spiro atoms. The lowest BCUT2D eigenvalue weighted by molar-refractivity contribution is -0.135. The van der Waals surface area contributed by atoms with E-state index in [1.54, 1.807) is 0 Å². The lowest BCUT2D eigenvalue weighted by Crippen LogP contribution is -2.01. The van der Waals surface area contributed by atoms with Crippen LogP contribution >= 0.6 is 11.8 Å². The Bertz CT molecular complexity index is 357. The summed E-state index contributed by atoms with van der Waals surface area (Å²) in [4.78, 5) is 13.2. The van der Waals surface area contributed by atoms with E-state index in [0.717, 1.165) is 17.7 Å². The van der Waals surface area contributed by atoms with Gasteiger partial charge in [-0.2, -0.15) is 0 Å². The number of thioether (sulfide) groups is 1. The average Bonchev–Trinajstić information content (AvgIpc) is 2.34. The van der Waals surface area contributed by atoms with E-state index in [1.165, 1.54) is 18.9 Å². The van der Waals surface area contributed by atoms with Gasteiger partial charge in [-0.3, -0.25) is 0 Å². The van der Waals surface area contributed by atoms with Crippen molar-refractivity contribution in [1.82, 2.24) is 0 Å². The molecule has 0 aliphatic carbocycles.